The monoisotopic (exact) mass is 344 g/mol. The Kier molecular flexibility index (Phi) is 3.66. The van der Waals surface area contributed by atoms with E-state index >= 15 is 0 Å². The first-order chi connectivity index (χ1) is 10.1. The van der Waals surface area contributed by atoms with Crippen LogP contribution in [0.4, 0.5) is 10.1 Å². The topological polar surface area (TPSA) is 42.0 Å². The van der Waals surface area contributed by atoms with Crippen LogP contribution in [0.15, 0.2) is 59.2 Å². The largest absolute Gasteiger partial charge is 0.322 e. The number of amides is 1. The molecule has 2 aromatic carbocycles. The zero-order valence-electron chi connectivity index (χ0n) is 10.8. The molecule has 0 radical (unpaired) electrons. The maximum absolute atomic E-state index is 12.7. The number of aromatic nitrogens is 1. The molecule has 0 fully saturated rings. The van der Waals surface area contributed by atoms with Crippen LogP contribution in [0.2, 0.25) is 0 Å². The van der Waals surface area contributed by atoms with Crippen molar-refractivity contribution in [1.82, 2.24) is 4.98 Å². The van der Waals surface area contributed by atoms with Crippen LogP contribution in [0, 0.1) is 5.95 Å². The van der Waals surface area contributed by atoms with Crippen LogP contribution in [-0.2, 0) is 0 Å². The van der Waals surface area contributed by atoms with E-state index in [1.54, 1.807) is 0 Å². The highest BCUT2D eigenvalue weighted by Crippen LogP contribution is 2.23. The molecular weight excluding hydrogens is 335 g/mol. The summed E-state index contributed by atoms with van der Waals surface area (Å²) in [4.78, 5) is 15.5. The highest BCUT2D eigenvalue weighted by Gasteiger charge is 2.07. The number of carbonyl (C=O) groups excluding carboxylic acids is 1. The predicted octanol–water partition coefficient (Wildman–Crippen LogP) is 4.39. The van der Waals surface area contributed by atoms with Gasteiger partial charge in [0.05, 0.1) is 5.56 Å². The van der Waals surface area contributed by atoms with Gasteiger partial charge in [0.25, 0.3) is 5.91 Å². The summed E-state index contributed by atoms with van der Waals surface area (Å²) in [5, 5.41) is 4.87. The van der Waals surface area contributed by atoms with Crippen molar-refractivity contribution in [3.8, 4) is 0 Å². The van der Waals surface area contributed by atoms with Gasteiger partial charge in [-0.1, -0.05) is 28.1 Å². The summed E-state index contributed by atoms with van der Waals surface area (Å²) < 4.78 is 13.7. The highest BCUT2D eigenvalue weighted by molar-refractivity contribution is 9.10. The highest BCUT2D eigenvalue weighted by atomic mass is 79.9. The average Bonchev–Trinajstić information content (AvgIpc) is 2.48. The summed E-state index contributed by atoms with van der Waals surface area (Å²) in [6.07, 6.45) is 1.21. The van der Waals surface area contributed by atoms with E-state index in [0.29, 0.717) is 11.3 Å². The van der Waals surface area contributed by atoms with Gasteiger partial charge in [-0.3, -0.25) is 4.79 Å². The summed E-state index contributed by atoms with van der Waals surface area (Å²) in [6, 6.07) is 14.1. The first kappa shape index (κ1) is 13.7. The number of carbonyl (C=O) groups is 1. The minimum absolute atomic E-state index is 0.312. The molecule has 0 aliphatic heterocycles. The van der Waals surface area contributed by atoms with Crippen molar-refractivity contribution in [3.63, 3.8) is 0 Å². The van der Waals surface area contributed by atoms with Crippen LogP contribution in [0.1, 0.15) is 10.4 Å². The second-order valence-corrected chi connectivity index (χ2v) is 5.45. The van der Waals surface area contributed by atoms with Crippen molar-refractivity contribution >= 4 is 38.3 Å². The summed E-state index contributed by atoms with van der Waals surface area (Å²) >= 11 is 3.42. The molecule has 0 unspecified atom stereocenters. The van der Waals surface area contributed by atoms with Crippen LogP contribution in [0.5, 0.6) is 0 Å². The molecule has 0 saturated carbocycles. The molecule has 1 amide bonds. The molecule has 0 aliphatic carbocycles. The minimum Gasteiger partial charge on any atom is -0.322 e. The Bertz CT molecular complexity index is 818. The SMILES string of the molecule is O=C(Nc1ccc2cc(Br)ccc2c1)c1ccc(F)nc1. The Labute approximate surface area is 128 Å². The first-order valence-electron chi connectivity index (χ1n) is 6.24. The summed E-state index contributed by atoms with van der Waals surface area (Å²) in [5.74, 6) is -0.929. The molecule has 0 atom stereocenters. The van der Waals surface area contributed by atoms with Crippen LogP contribution < -0.4 is 5.32 Å². The van der Waals surface area contributed by atoms with E-state index in [9.17, 15) is 9.18 Å². The lowest BCUT2D eigenvalue weighted by Gasteiger charge is -2.07. The second-order valence-electron chi connectivity index (χ2n) is 4.53. The molecule has 3 aromatic rings. The average molecular weight is 345 g/mol. The molecule has 3 nitrogen and oxygen atoms in total. The van der Waals surface area contributed by atoms with E-state index in [1.807, 2.05) is 36.4 Å². The lowest BCUT2D eigenvalue weighted by molar-refractivity contribution is 0.102. The van der Waals surface area contributed by atoms with Gasteiger partial charge in [-0.05, 0) is 47.2 Å². The number of pyridine rings is 1. The quantitative estimate of drug-likeness (QED) is 0.700. The number of nitrogens with one attached hydrogen (secondary N) is 1. The molecule has 1 N–H and O–H groups in total. The van der Waals surface area contributed by atoms with Crippen LogP contribution >= 0.6 is 15.9 Å². The van der Waals surface area contributed by atoms with Gasteiger partial charge >= 0.3 is 0 Å². The molecular formula is C16H10BrFN2O. The number of nitrogens with zero attached hydrogens (tertiary/aromatic N) is 1. The van der Waals surface area contributed by atoms with Gasteiger partial charge in [0.15, 0.2) is 0 Å². The van der Waals surface area contributed by atoms with Gasteiger partial charge in [-0.25, -0.2) is 4.98 Å². The lowest BCUT2D eigenvalue weighted by atomic mass is 10.1. The van der Waals surface area contributed by atoms with E-state index in [4.69, 9.17) is 0 Å². The van der Waals surface area contributed by atoms with Crippen LogP contribution in [0.3, 0.4) is 0 Å². The fraction of sp³-hybridized carbons (Fsp3) is 0. The molecule has 0 bridgehead atoms. The number of rotatable bonds is 2. The number of hydrogen-bond donors (Lipinski definition) is 1. The molecule has 104 valence electrons. The smallest absolute Gasteiger partial charge is 0.257 e. The molecule has 0 spiro atoms. The van der Waals surface area contributed by atoms with Gasteiger partial charge in [-0.15, -0.1) is 0 Å². The van der Waals surface area contributed by atoms with Crippen LogP contribution in [0.25, 0.3) is 10.8 Å². The molecule has 5 heteroatoms. The number of hydrogen-bond acceptors (Lipinski definition) is 2. The first-order valence-corrected chi connectivity index (χ1v) is 7.03. The molecule has 3 rings (SSSR count). The van der Waals surface area contributed by atoms with Crippen molar-refractivity contribution in [2.45, 2.75) is 0 Å². The fourth-order valence-corrected chi connectivity index (χ4v) is 2.39. The Morgan fingerprint density at radius 1 is 1.05 bits per heavy atom. The van der Waals surface area contributed by atoms with Gasteiger partial charge in [0.2, 0.25) is 5.95 Å². The second kappa shape index (κ2) is 5.61. The maximum atomic E-state index is 12.7. The number of benzene rings is 2. The third-order valence-corrected chi connectivity index (χ3v) is 3.54. The Morgan fingerprint density at radius 3 is 2.57 bits per heavy atom. The molecule has 21 heavy (non-hydrogen) atoms. The summed E-state index contributed by atoms with van der Waals surface area (Å²) in [7, 11) is 0. The third kappa shape index (κ3) is 3.08. The van der Waals surface area contributed by atoms with Gasteiger partial charge in [0.1, 0.15) is 0 Å². The summed E-state index contributed by atoms with van der Waals surface area (Å²) in [6.45, 7) is 0. The fourth-order valence-electron chi connectivity index (χ4n) is 2.01. The Hall–Kier alpha value is -2.27. The van der Waals surface area contributed by atoms with Gasteiger partial charge in [-0.2, -0.15) is 4.39 Å². The van der Waals surface area contributed by atoms with Gasteiger partial charge in [0, 0.05) is 16.4 Å². The van der Waals surface area contributed by atoms with Crippen LogP contribution in [-0.4, -0.2) is 10.9 Å². The van der Waals surface area contributed by atoms with Crippen molar-refractivity contribution in [2.75, 3.05) is 5.32 Å². The Balaban J connectivity index is 1.85. The van der Waals surface area contributed by atoms with E-state index < -0.39 is 5.95 Å². The van der Waals surface area contributed by atoms with E-state index in [-0.39, 0.29) is 5.91 Å². The van der Waals surface area contributed by atoms with E-state index in [2.05, 4.69) is 26.2 Å². The van der Waals surface area contributed by atoms with E-state index in [0.717, 1.165) is 21.3 Å². The van der Waals surface area contributed by atoms with Crippen molar-refractivity contribution in [2.24, 2.45) is 0 Å². The zero-order valence-corrected chi connectivity index (χ0v) is 12.4. The maximum Gasteiger partial charge on any atom is 0.257 e. The molecule has 0 aliphatic rings. The van der Waals surface area contributed by atoms with Crippen molar-refractivity contribution < 1.29 is 9.18 Å². The molecule has 0 saturated heterocycles. The lowest BCUT2D eigenvalue weighted by Crippen LogP contribution is -2.12. The van der Waals surface area contributed by atoms with E-state index in [1.165, 1.54) is 12.3 Å². The zero-order chi connectivity index (χ0) is 14.8. The predicted molar refractivity (Wildman–Crippen MR) is 83.8 cm³/mol. The number of anilines is 1. The molecule has 1 aromatic heterocycles. The van der Waals surface area contributed by atoms with Gasteiger partial charge < -0.3 is 5.32 Å². The number of halogens is 2. The Morgan fingerprint density at radius 2 is 1.81 bits per heavy atom. The third-order valence-electron chi connectivity index (χ3n) is 3.05. The van der Waals surface area contributed by atoms with Crippen molar-refractivity contribution in [3.05, 3.63) is 70.7 Å². The normalized spacial score (nSPS) is 10.6. The summed E-state index contributed by atoms with van der Waals surface area (Å²) in [5.41, 5.74) is 0.992. The standard InChI is InChI=1S/C16H10BrFN2O/c17-13-4-1-11-8-14(5-2-10(11)7-13)20-16(21)12-3-6-15(18)19-9-12/h1-9H,(H,20,21). The van der Waals surface area contributed by atoms with Crippen molar-refractivity contribution in [1.29, 1.82) is 0 Å². The molecule has 1 heterocycles. The minimum atomic E-state index is -0.608. The number of fused-ring (bicyclic) bond motifs is 1.